The van der Waals surface area contributed by atoms with Gasteiger partial charge in [-0.15, -0.1) is 21.5 Å². The maximum atomic E-state index is 13.0. The van der Waals surface area contributed by atoms with E-state index in [0.717, 1.165) is 43.2 Å². The molecule has 11 heteroatoms. The van der Waals surface area contributed by atoms with Crippen LogP contribution >= 0.6 is 34.7 Å². The summed E-state index contributed by atoms with van der Waals surface area (Å²) in [7, 11) is 1.38. The Morgan fingerprint density at radius 1 is 1.21 bits per heavy atom. The van der Waals surface area contributed by atoms with Gasteiger partial charge in [0.15, 0.2) is 17.1 Å². The largest absolute Gasteiger partial charge is 0.483 e. The van der Waals surface area contributed by atoms with E-state index in [-0.39, 0.29) is 17.8 Å². The highest BCUT2D eigenvalue weighted by Crippen LogP contribution is 2.38. The standard InChI is InChI=1S/C27H33ClN4O4S2/c1-5-32-24(17(3)36-18-12-13-20(28)16(2)14-18)30-31-27(32)37-15-22(33)29-25-23(26(34)35-4)19-10-8-6-7-9-11-21(19)38-25/h12-14,17H,5-11,15H2,1-4H3,(H,29,33). The molecule has 1 aromatic carbocycles. The lowest BCUT2D eigenvalue weighted by Crippen LogP contribution is -2.17. The van der Waals surface area contributed by atoms with Gasteiger partial charge >= 0.3 is 5.97 Å². The predicted molar refractivity (Wildman–Crippen MR) is 152 cm³/mol. The van der Waals surface area contributed by atoms with Crippen molar-refractivity contribution >= 4 is 51.6 Å². The number of nitrogens with zero attached hydrogens (tertiary/aromatic N) is 3. The van der Waals surface area contributed by atoms with E-state index in [1.54, 1.807) is 0 Å². The molecule has 0 aliphatic heterocycles. The summed E-state index contributed by atoms with van der Waals surface area (Å²) >= 11 is 8.93. The molecule has 38 heavy (non-hydrogen) atoms. The van der Waals surface area contributed by atoms with Gasteiger partial charge in [0, 0.05) is 16.4 Å². The summed E-state index contributed by atoms with van der Waals surface area (Å²) in [5, 5.41) is 13.5. The monoisotopic (exact) mass is 576 g/mol. The van der Waals surface area contributed by atoms with E-state index in [2.05, 4.69) is 15.5 Å². The summed E-state index contributed by atoms with van der Waals surface area (Å²) in [6.07, 6.45) is 5.87. The summed E-state index contributed by atoms with van der Waals surface area (Å²) in [4.78, 5) is 26.8. The Balaban J connectivity index is 1.44. The molecule has 0 spiro atoms. The third kappa shape index (κ3) is 6.52. The van der Waals surface area contributed by atoms with E-state index in [0.29, 0.717) is 38.9 Å². The molecule has 3 aromatic rings. The van der Waals surface area contributed by atoms with Gasteiger partial charge in [0.2, 0.25) is 5.91 Å². The Morgan fingerprint density at radius 2 is 1.97 bits per heavy atom. The zero-order valence-electron chi connectivity index (χ0n) is 22.1. The Kier molecular flexibility index (Phi) is 9.73. The zero-order valence-corrected chi connectivity index (χ0v) is 24.5. The van der Waals surface area contributed by atoms with Gasteiger partial charge in [0.1, 0.15) is 10.8 Å². The van der Waals surface area contributed by atoms with Crippen LogP contribution in [-0.4, -0.2) is 39.5 Å². The molecule has 8 nitrogen and oxygen atoms in total. The molecular formula is C27H33ClN4O4S2. The van der Waals surface area contributed by atoms with Crippen molar-refractivity contribution in [2.24, 2.45) is 0 Å². The minimum Gasteiger partial charge on any atom is -0.483 e. The van der Waals surface area contributed by atoms with Crippen molar-refractivity contribution in [1.82, 2.24) is 14.8 Å². The molecule has 0 saturated heterocycles. The second-order valence-electron chi connectivity index (χ2n) is 9.21. The molecular weight excluding hydrogens is 544 g/mol. The Morgan fingerprint density at radius 3 is 2.68 bits per heavy atom. The smallest absolute Gasteiger partial charge is 0.341 e. The molecule has 1 amide bonds. The van der Waals surface area contributed by atoms with Crippen LogP contribution in [0.5, 0.6) is 5.75 Å². The van der Waals surface area contributed by atoms with Gasteiger partial charge in [-0.3, -0.25) is 4.79 Å². The molecule has 1 atom stereocenters. The van der Waals surface area contributed by atoms with Crippen LogP contribution < -0.4 is 10.1 Å². The number of methoxy groups -OCH3 is 1. The highest BCUT2D eigenvalue weighted by molar-refractivity contribution is 7.99. The van der Waals surface area contributed by atoms with Crippen LogP contribution in [0.1, 0.15) is 77.8 Å². The van der Waals surface area contributed by atoms with Crippen molar-refractivity contribution in [3.05, 3.63) is 50.6 Å². The normalized spacial score (nSPS) is 14.2. The van der Waals surface area contributed by atoms with Gasteiger partial charge in [-0.25, -0.2) is 4.79 Å². The van der Waals surface area contributed by atoms with E-state index in [1.165, 1.54) is 41.5 Å². The molecule has 0 saturated carbocycles. The van der Waals surface area contributed by atoms with E-state index in [4.69, 9.17) is 21.1 Å². The molecule has 2 heterocycles. The van der Waals surface area contributed by atoms with Crippen molar-refractivity contribution in [1.29, 1.82) is 0 Å². The summed E-state index contributed by atoms with van der Waals surface area (Å²) < 4.78 is 13.1. The number of nitrogens with one attached hydrogen (secondary N) is 1. The van der Waals surface area contributed by atoms with Crippen molar-refractivity contribution in [3.63, 3.8) is 0 Å². The number of hydrogen-bond donors (Lipinski definition) is 1. The minimum atomic E-state index is -0.397. The van der Waals surface area contributed by atoms with Gasteiger partial charge in [-0.2, -0.15) is 0 Å². The number of halogens is 1. The number of ether oxygens (including phenoxy) is 2. The van der Waals surface area contributed by atoms with Gasteiger partial charge in [-0.1, -0.05) is 36.2 Å². The number of aryl methyl sites for hydroxylation is 2. The number of esters is 1. The third-order valence-corrected chi connectivity index (χ3v) is 9.11. The molecule has 204 valence electrons. The van der Waals surface area contributed by atoms with Crippen LogP contribution in [0.15, 0.2) is 23.4 Å². The van der Waals surface area contributed by atoms with E-state index in [9.17, 15) is 9.59 Å². The molecule has 0 bridgehead atoms. The summed E-state index contributed by atoms with van der Waals surface area (Å²) in [5.74, 6) is 0.903. The number of rotatable bonds is 9. The number of anilines is 1. The highest BCUT2D eigenvalue weighted by atomic mass is 35.5. The Bertz CT molecular complexity index is 1310. The first kappa shape index (κ1) is 28.4. The minimum absolute atomic E-state index is 0.132. The molecule has 4 rings (SSSR count). The third-order valence-electron chi connectivity index (χ3n) is 6.51. The van der Waals surface area contributed by atoms with Crippen LogP contribution in [0.2, 0.25) is 5.02 Å². The van der Waals surface area contributed by atoms with Crippen molar-refractivity contribution in [3.8, 4) is 5.75 Å². The number of thiophene rings is 1. The fourth-order valence-electron chi connectivity index (χ4n) is 4.57. The van der Waals surface area contributed by atoms with E-state index in [1.807, 2.05) is 43.5 Å². The lowest BCUT2D eigenvalue weighted by molar-refractivity contribution is -0.113. The number of hydrogen-bond acceptors (Lipinski definition) is 8. The number of benzene rings is 1. The number of amides is 1. The first-order chi connectivity index (χ1) is 18.3. The average molecular weight is 577 g/mol. The van der Waals surface area contributed by atoms with Crippen molar-refractivity contribution in [2.75, 3.05) is 18.2 Å². The molecule has 2 aromatic heterocycles. The maximum Gasteiger partial charge on any atom is 0.341 e. The lowest BCUT2D eigenvalue weighted by Gasteiger charge is -2.16. The van der Waals surface area contributed by atoms with Gasteiger partial charge in [0.25, 0.3) is 0 Å². The SMILES string of the molecule is CCn1c(SCC(=O)Nc2sc3c(c2C(=O)OC)CCCCCC3)nnc1C(C)Oc1ccc(Cl)c(C)c1. The fraction of sp³-hybridized carbons (Fsp3) is 0.481. The van der Waals surface area contributed by atoms with E-state index >= 15 is 0 Å². The zero-order chi connectivity index (χ0) is 27.2. The van der Waals surface area contributed by atoms with Crippen LogP contribution in [0.3, 0.4) is 0 Å². The molecule has 0 radical (unpaired) electrons. The Labute approximate surface area is 236 Å². The van der Waals surface area contributed by atoms with Gasteiger partial charge < -0.3 is 19.4 Å². The number of carbonyl (C=O) groups is 2. The summed E-state index contributed by atoms with van der Waals surface area (Å²) in [6.45, 7) is 6.47. The average Bonchev–Trinajstić information content (AvgIpc) is 3.45. The second-order valence-corrected chi connectivity index (χ2v) is 11.7. The highest BCUT2D eigenvalue weighted by Gasteiger charge is 2.26. The molecule has 1 aliphatic rings. The van der Waals surface area contributed by atoms with Gasteiger partial charge in [0.05, 0.1) is 18.4 Å². The number of thioether (sulfide) groups is 1. The fourth-order valence-corrected chi connectivity index (χ4v) is 6.79. The molecule has 1 N–H and O–H groups in total. The topological polar surface area (TPSA) is 95.3 Å². The van der Waals surface area contributed by atoms with Gasteiger partial charge in [-0.05, 0) is 75.8 Å². The second kappa shape index (κ2) is 13.0. The van der Waals surface area contributed by atoms with Crippen LogP contribution in [0, 0.1) is 6.92 Å². The number of fused-ring (bicyclic) bond motifs is 1. The van der Waals surface area contributed by atoms with Crippen molar-refractivity contribution < 1.29 is 19.1 Å². The predicted octanol–water partition coefficient (Wildman–Crippen LogP) is 6.64. The summed E-state index contributed by atoms with van der Waals surface area (Å²) in [5.41, 5.74) is 2.48. The first-order valence-corrected chi connectivity index (χ1v) is 15.0. The first-order valence-electron chi connectivity index (χ1n) is 12.8. The van der Waals surface area contributed by atoms with Crippen molar-refractivity contribution in [2.45, 2.75) is 77.1 Å². The van der Waals surface area contributed by atoms with E-state index < -0.39 is 5.97 Å². The van der Waals surface area contributed by atoms with Crippen LogP contribution in [0.25, 0.3) is 0 Å². The number of carbonyl (C=O) groups excluding carboxylic acids is 2. The summed E-state index contributed by atoms with van der Waals surface area (Å²) in [6, 6.07) is 5.52. The molecule has 1 aliphatic carbocycles. The van der Waals surface area contributed by atoms with Crippen LogP contribution in [-0.2, 0) is 28.9 Å². The molecule has 0 fully saturated rings. The maximum absolute atomic E-state index is 13.0. The van der Waals surface area contributed by atoms with Crippen LogP contribution in [0.4, 0.5) is 5.00 Å². The Hall–Kier alpha value is -2.56. The quantitative estimate of drug-likeness (QED) is 0.225. The number of aromatic nitrogens is 3. The molecule has 1 unspecified atom stereocenters. The lowest BCUT2D eigenvalue weighted by atomic mass is 9.96.